The minimum Gasteiger partial charge on any atom is -1.00 e. The van der Waals surface area contributed by atoms with Crippen LogP contribution in [-0.2, 0) is 39.0 Å². The van der Waals surface area contributed by atoms with Crippen molar-refractivity contribution >= 4 is 95.3 Å². The zero-order chi connectivity index (χ0) is 64.5. The normalized spacial score (nSPS) is 12.0. The number of ether oxygens (including phenoxy) is 8. The molecule has 16 rings (SSSR count). The van der Waals surface area contributed by atoms with Gasteiger partial charge in [0.1, 0.15) is 0 Å². The maximum Gasteiger partial charge on any atom is 2.00 e. The monoisotopic (exact) mass is 1700 g/mol. The fourth-order valence-corrected chi connectivity index (χ4v) is 22.4. The van der Waals surface area contributed by atoms with Gasteiger partial charge in [0.25, 0.3) is 0 Å². The number of hydrogen-bond donors (Lipinski definition) is 1. The molecule has 524 valence electrons. The van der Waals surface area contributed by atoms with Gasteiger partial charge in [0.2, 0.25) is 27.2 Å². The fourth-order valence-electron chi connectivity index (χ4n) is 12.6. The zero-order valence-corrected chi connectivity index (χ0v) is 66.7. The molecule has 0 bridgehead atoms. The molecule has 0 radical (unpaired) electrons. The van der Waals surface area contributed by atoms with Crippen LogP contribution in [0.2, 0.25) is 0 Å². The summed E-state index contributed by atoms with van der Waals surface area (Å²) in [6, 6.07) is 104. The summed E-state index contributed by atoms with van der Waals surface area (Å²) < 4.78 is 49.5. The van der Waals surface area contributed by atoms with Crippen molar-refractivity contribution in [2.75, 3.05) is 27.2 Å². The van der Waals surface area contributed by atoms with Crippen LogP contribution in [0.1, 0.15) is 27.7 Å². The molecule has 1 N–H and O–H groups in total. The van der Waals surface area contributed by atoms with Gasteiger partial charge < -0.3 is 105 Å². The Morgan fingerprint density at radius 3 is 0.520 bits per heavy atom. The van der Waals surface area contributed by atoms with Gasteiger partial charge in [-0.15, -0.1) is 0 Å². The third-order valence-electron chi connectivity index (χ3n) is 16.3. The Bertz CT molecular complexity index is 3850. The predicted molar refractivity (Wildman–Crippen MR) is 396 cm³/mol. The van der Waals surface area contributed by atoms with Gasteiger partial charge in [-0.3, -0.25) is 0 Å². The van der Waals surface area contributed by atoms with Crippen LogP contribution in [0.4, 0.5) is 0 Å². The molecule has 0 saturated heterocycles. The average Bonchev–Trinajstić information content (AvgIpc) is 1.34. The minimum absolute atomic E-state index is 0. The number of rotatable bonds is 16. The average molecular weight is 1700 g/mol. The molecule has 0 aromatic heterocycles. The van der Waals surface area contributed by atoms with E-state index >= 15 is 0 Å². The van der Waals surface area contributed by atoms with E-state index in [2.05, 4.69) is 324 Å². The molecule has 0 spiro atoms. The first-order chi connectivity index (χ1) is 46.9. The molecule has 0 aliphatic carbocycles. The summed E-state index contributed by atoms with van der Waals surface area (Å²) in [5.74, 6) is 5.98. The van der Waals surface area contributed by atoms with Crippen molar-refractivity contribution in [3.8, 4) is 68.2 Å². The summed E-state index contributed by atoms with van der Waals surface area (Å²) in [6.45, 7) is 9.31. The van der Waals surface area contributed by atoms with Gasteiger partial charge in [0.05, 0.1) is 0 Å². The van der Waals surface area contributed by atoms with E-state index in [4.69, 9.17) is 37.9 Å². The van der Waals surface area contributed by atoms with Crippen LogP contribution in [-0.4, -0.2) is 39.3 Å². The van der Waals surface area contributed by atoms with Crippen molar-refractivity contribution in [1.29, 1.82) is 0 Å². The molecule has 4 aliphatic heterocycles. The smallest absolute Gasteiger partial charge is 1.00 e. The van der Waals surface area contributed by atoms with Crippen LogP contribution in [0.5, 0.6) is 46.0 Å². The van der Waals surface area contributed by atoms with Crippen LogP contribution < -0.4 is 169 Å². The Kier molecular flexibility index (Phi) is 32.0. The van der Waals surface area contributed by atoms with Crippen molar-refractivity contribution in [3.63, 3.8) is 0 Å². The molecule has 0 atom stereocenters. The molecule has 12 aromatic carbocycles. The first-order valence-corrected chi connectivity index (χ1v) is 37.3. The summed E-state index contributed by atoms with van der Waals surface area (Å²) in [5, 5.41) is 18.1. The second-order valence-electron chi connectivity index (χ2n) is 23.3. The van der Waals surface area contributed by atoms with Crippen molar-refractivity contribution in [1.82, 2.24) is 5.32 Å². The van der Waals surface area contributed by atoms with Gasteiger partial charge in [-0.25, -0.2) is 0 Å². The molecular formula is C82H71Cl5NO8P4Ru2-. The Balaban J connectivity index is 0.000000246. The molecule has 0 amide bonds. The Morgan fingerprint density at radius 1 is 0.225 bits per heavy atom. The summed E-state index contributed by atoms with van der Waals surface area (Å²) in [5.41, 5.74) is 4.04. The van der Waals surface area contributed by atoms with Gasteiger partial charge in [0, 0.05) is 34.3 Å². The molecular weight excluding hydrogens is 1630 g/mol. The van der Waals surface area contributed by atoms with Crippen LogP contribution in [0.25, 0.3) is 22.3 Å². The first-order valence-electron chi connectivity index (χ1n) is 31.9. The number of halogens is 5. The summed E-state index contributed by atoms with van der Waals surface area (Å²) in [4.78, 5) is 0. The molecule has 4 aliphatic rings. The predicted octanol–water partition coefficient (Wildman–Crippen LogP) is -0.937. The van der Waals surface area contributed by atoms with E-state index in [0.717, 1.165) is 68.2 Å². The van der Waals surface area contributed by atoms with E-state index in [-0.39, 0.29) is 128 Å². The van der Waals surface area contributed by atoms with Crippen LogP contribution in [0.3, 0.4) is 0 Å². The number of hydrogen-bond acceptors (Lipinski definition) is 9. The van der Waals surface area contributed by atoms with Gasteiger partial charge in [-0.2, -0.15) is 0 Å². The van der Waals surface area contributed by atoms with Gasteiger partial charge in [-0.05, 0) is 144 Å². The van der Waals surface area contributed by atoms with Crippen molar-refractivity contribution < 1.29 is 139 Å². The zero-order valence-electron chi connectivity index (χ0n) is 55.8. The maximum atomic E-state index is 6.35. The van der Waals surface area contributed by atoms with E-state index in [1.165, 1.54) is 63.7 Å². The molecule has 4 heterocycles. The van der Waals surface area contributed by atoms with E-state index in [9.17, 15) is 0 Å². The molecule has 0 unspecified atom stereocenters. The van der Waals surface area contributed by atoms with Crippen LogP contribution in [0.15, 0.2) is 291 Å². The number of benzene rings is 12. The topological polar surface area (TPSA) is 85.9 Å². The molecule has 0 fully saturated rings. The molecule has 9 nitrogen and oxygen atoms in total. The van der Waals surface area contributed by atoms with Crippen LogP contribution >= 0.6 is 31.7 Å². The standard InChI is InChI=1S/2C38H28O4P2.C6H15N.5ClH.2Ru/c2*1-5-13-27(14-6-1)43(28-15-7-2-8-16-28)33-23-21-31-37(41-25-39-31)35(33)36-34(24-22-32-38(36)42-26-40-32)44(29-17-9-3-10-18-29)30-19-11-4-12-20-30;1-5(2)7-6(3)4;;;;;;;/h2*1-24H,25-26H2;5-7H,1-4H3;5*1H;;/q;;;;;;;;2*+2/p-5. The van der Waals surface area contributed by atoms with E-state index in [0.29, 0.717) is 12.1 Å². The summed E-state index contributed by atoms with van der Waals surface area (Å²) >= 11 is 0. The van der Waals surface area contributed by atoms with Gasteiger partial charge in [0.15, 0.2) is 46.0 Å². The summed E-state index contributed by atoms with van der Waals surface area (Å²) in [7, 11) is -3.87. The first kappa shape index (κ1) is 82.7. The SMILES string of the molecule is CC(C)NC(C)C.[Cl-].[Cl-].[Cl-].[Cl-].[Cl-].[Ru+2].[Ru+2].c1ccc(P(c2ccccc2)c2ccc3c(c2-c2c(P(c4ccccc4)c4ccccc4)ccc4c2OCO4)OCO3)cc1.c1ccc(P(c2ccccc2)c2ccc3c(c2-c2c(P(c4ccccc4)c4ccccc4)ccc4c2OCO4)OCO3)cc1. The van der Waals surface area contributed by atoms with Crippen LogP contribution in [0, 0.1) is 0 Å². The fraction of sp³-hybridized carbons (Fsp3) is 0.122. The maximum absolute atomic E-state index is 6.35. The molecule has 102 heavy (non-hydrogen) atoms. The van der Waals surface area contributed by atoms with E-state index in [1.54, 1.807) is 0 Å². The quantitative estimate of drug-likeness (QED) is 0.0976. The third-order valence-corrected chi connectivity index (χ3v) is 26.2. The Labute approximate surface area is 660 Å². The Hall–Kier alpha value is -6.58. The number of nitrogens with one attached hydrogen (secondary N) is 1. The Morgan fingerprint density at radius 2 is 0.382 bits per heavy atom. The van der Waals surface area contributed by atoms with Gasteiger partial charge in [-0.1, -0.05) is 270 Å². The molecule has 0 saturated carbocycles. The second kappa shape index (κ2) is 39.5. The second-order valence-corrected chi connectivity index (χ2v) is 32.0. The van der Waals surface area contributed by atoms with Crippen molar-refractivity contribution in [2.45, 2.75) is 39.8 Å². The summed E-state index contributed by atoms with van der Waals surface area (Å²) in [6.07, 6.45) is 0. The van der Waals surface area contributed by atoms with E-state index < -0.39 is 31.7 Å². The molecule has 12 aromatic rings. The van der Waals surface area contributed by atoms with E-state index in [1.807, 2.05) is 0 Å². The number of fused-ring (bicyclic) bond motifs is 4. The van der Waals surface area contributed by atoms with Crippen molar-refractivity contribution in [3.05, 3.63) is 291 Å². The minimum atomic E-state index is -0.968. The largest absolute Gasteiger partial charge is 2.00 e. The van der Waals surface area contributed by atoms with Gasteiger partial charge >= 0.3 is 39.0 Å². The third kappa shape index (κ3) is 18.2. The van der Waals surface area contributed by atoms with Crippen molar-refractivity contribution in [2.24, 2.45) is 0 Å². The molecule has 20 heteroatoms.